The summed E-state index contributed by atoms with van der Waals surface area (Å²) in [4.78, 5) is 20.1. The molecule has 2 aliphatic rings. The summed E-state index contributed by atoms with van der Waals surface area (Å²) >= 11 is 4.81. The highest BCUT2D eigenvalue weighted by Crippen LogP contribution is 2.45. The lowest BCUT2D eigenvalue weighted by Gasteiger charge is -2.36. The second kappa shape index (κ2) is 11.1. The molecule has 3 N–H and O–H groups in total. The van der Waals surface area contributed by atoms with Gasteiger partial charge in [0.15, 0.2) is 5.75 Å². The first-order chi connectivity index (χ1) is 19.7. The van der Waals surface area contributed by atoms with E-state index in [4.69, 9.17) is 22.1 Å². The number of aromatic nitrogens is 3. The quantitative estimate of drug-likeness (QED) is 0.177. The van der Waals surface area contributed by atoms with Crippen LogP contribution in [0.1, 0.15) is 25.3 Å². The number of rotatable bonds is 8. The van der Waals surface area contributed by atoms with E-state index in [1.165, 1.54) is 4.68 Å². The number of ether oxygens (including phenoxy) is 1. The SMILES string of the molecule is CC1(COc2c(N3CCN([S+]([O-])Cc4cc(O)c(N)c5cccnc45)CC3)cnn(-c3cccc(Cl)c3)c2=O)CC1. The number of nitrogen functional groups attached to an aromatic ring is 1. The van der Waals surface area contributed by atoms with Gasteiger partial charge in [0.25, 0.3) is 0 Å². The molecule has 1 aliphatic carbocycles. The number of benzene rings is 2. The number of fused-ring (bicyclic) bond motifs is 1. The van der Waals surface area contributed by atoms with Crippen LogP contribution in [0.15, 0.2) is 59.7 Å². The van der Waals surface area contributed by atoms with Crippen molar-refractivity contribution in [2.75, 3.05) is 43.4 Å². The molecule has 6 rings (SSSR count). The summed E-state index contributed by atoms with van der Waals surface area (Å²) < 4.78 is 22.8. The van der Waals surface area contributed by atoms with E-state index in [1.54, 1.807) is 54.9 Å². The maximum atomic E-state index is 13.6. The molecule has 1 unspecified atom stereocenters. The van der Waals surface area contributed by atoms with Crippen molar-refractivity contribution in [2.24, 2.45) is 5.41 Å². The Morgan fingerprint density at radius 2 is 1.95 bits per heavy atom. The molecule has 1 aliphatic heterocycles. The van der Waals surface area contributed by atoms with E-state index >= 15 is 0 Å². The van der Waals surface area contributed by atoms with E-state index < -0.39 is 11.4 Å². The van der Waals surface area contributed by atoms with E-state index in [0.717, 1.165) is 12.8 Å². The van der Waals surface area contributed by atoms with Crippen molar-refractivity contribution in [1.82, 2.24) is 19.1 Å². The zero-order valence-electron chi connectivity index (χ0n) is 22.6. The predicted octanol–water partition coefficient (Wildman–Crippen LogP) is 3.89. The van der Waals surface area contributed by atoms with Gasteiger partial charge < -0.3 is 25.0 Å². The molecule has 2 fully saturated rings. The van der Waals surface area contributed by atoms with Gasteiger partial charge in [-0.05, 0) is 49.2 Å². The Kier molecular flexibility index (Phi) is 7.45. The molecule has 1 atom stereocenters. The lowest BCUT2D eigenvalue weighted by Crippen LogP contribution is -2.49. The van der Waals surface area contributed by atoms with E-state index in [9.17, 15) is 14.5 Å². The minimum atomic E-state index is -1.36. The molecule has 0 radical (unpaired) electrons. The minimum Gasteiger partial charge on any atom is -0.598 e. The average molecular weight is 595 g/mol. The Labute approximate surface area is 245 Å². The van der Waals surface area contributed by atoms with Crippen LogP contribution in [0.5, 0.6) is 11.5 Å². The number of hydrogen-bond donors (Lipinski definition) is 2. The topological polar surface area (TPSA) is 133 Å². The van der Waals surface area contributed by atoms with Crippen molar-refractivity contribution in [3.63, 3.8) is 0 Å². The smallest absolute Gasteiger partial charge is 0.316 e. The fourth-order valence-corrected chi connectivity index (χ4v) is 6.40. The Hall–Kier alpha value is -3.51. The highest BCUT2D eigenvalue weighted by Gasteiger charge is 2.39. The van der Waals surface area contributed by atoms with Crippen LogP contribution in [0.3, 0.4) is 0 Å². The van der Waals surface area contributed by atoms with Crippen molar-refractivity contribution in [3.8, 4) is 17.2 Å². The first-order valence-electron chi connectivity index (χ1n) is 13.5. The number of halogens is 1. The third-order valence-corrected chi connectivity index (χ3v) is 9.51. The summed E-state index contributed by atoms with van der Waals surface area (Å²) in [7, 11) is 0. The molecule has 1 saturated carbocycles. The van der Waals surface area contributed by atoms with Gasteiger partial charge >= 0.3 is 5.56 Å². The van der Waals surface area contributed by atoms with Crippen LogP contribution in [0.4, 0.5) is 11.4 Å². The Morgan fingerprint density at radius 1 is 1.17 bits per heavy atom. The minimum absolute atomic E-state index is 0.0464. The van der Waals surface area contributed by atoms with E-state index in [2.05, 4.69) is 21.9 Å². The van der Waals surface area contributed by atoms with Crippen molar-refractivity contribution in [2.45, 2.75) is 25.5 Å². The average Bonchev–Trinajstić information content (AvgIpc) is 3.72. The Morgan fingerprint density at radius 3 is 2.68 bits per heavy atom. The fourth-order valence-electron chi connectivity index (χ4n) is 4.98. The van der Waals surface area contributed by atoms with E-state index in [-0.39, 0.29) is 33.9 Å². The molecule has 1 saturated heterocycles. The molecule has 10 nitrogen and oxygen atoms in total. The highest BCUT2D eigenvalue weighted by molar-refractivity contribution is 7.88. The van der Waals surface area contributed by atoms with Crippen LogP contribution in [-0.2, 0) is 17.1 Å². The maximum Gasteiger partial charge on any atom is 0.316 e. The van der Waals surface area contributed by atoms with Gasteiger partial charge in [-0.15, -0.1) is 4.31 Å². The zero-order chi connectivity index (χ0) is 28.7. The second-order valence-corrected chi connectivity index (χ2v) is 12.8. The molecular formula is C29H31ClN6O4S. The van der Waals surface area contributed by atoms with Gasteiger partial charge in [-0.1, -0.05) is 24.6 Å². The van der Waals surface area contributed by atoms with Gasteiger partial charge in [0.2, 0.25) is 5.75 Å². The normalized spacial score (nSPS) is 17.5. The van der Waals surface area contributed by atoms with Crippen LogP contribution in [-0.4, -0.2) is 61.5 Å². The van der Waals surface area contributed by atoms with Gasteiger partial charge in [-0.2, -0.15) is 9.78 Å². The van der Waals surface area contributed by atoms with Crippen molar-refractivity contribution in [3.05, 3.63) is 75.8 Å². The summed E-state index contributed by atoms with van der Waals surface area (Å²) in [6.45, 7) is 4.69. The van der Waals surface area contributed by atoms with Crippen molar-refractivity contribution < 1.29 is 14.4 Å². The molecule has 0 bridgehead atoms. The van der Waals surface area contributed by atoms with Crippen molar-refractivity contribution in [1.29, 1.82) is 0 Å². The molecule has 41 heavy (non-hydrogen) atoms. The molecule has 2 aromatic heterocycles. The standard InChI is InChI=1S/C29H31ClN6O4S/c1-29(7-8-29)18-40-27-23(16-33-36(28(27)38)21-5-2-4-20(30)15-21)34-10-12-35(13-11-34)41(39)17-19-14-24(37)25(31)22-6-3-9-32-26(19)22/h2-6,9,14-16,37H,7-8,10-13,17-18,31H2,1H3. The number of aromatic hydroxyl groups is 1. The van der Waals surface area contributed by atoms with Crippen LogP contribution in [0.25, 0.3) is 16.6 Å². The number of piperazine rings is 1. The number of nitrogens with zero attached hydrogens (tertiary/aromatic N) is 5. The molecule has 3 heterocycles. The summed E-state index contributed by atoms with van der Waals surface area (Å²) in [5.41, 5.74) is 8.52. The summed E-state index contributed by atoms with van der Waals surface area (Å²) in [5.74, 6) is 0.415. The number of phenolic OH excluding ortho intramolecular Hbond substituents is 1. The first-order valence-corrected chi connectivity index (χ1v) is 15.1. The van der Waals surface area contributed by atoms with Crippen LogP contribution in [0.2, 0.25) is 5.02 Å². The van der Waals surface area contributed by atoms with Gasteiger partial charge in [0.1, 0.15) is 11.4 Å². The molecule has 12 heteroatoms. The van der Waals surface area contributed by atoms with Gasteiger partial charge in [-0.25, -0.2) is 0 Å². The largest absolute Gasteiger partial charge is 0.598 e. The molecule has 2 aromatic carbocycles. The highest BCUT2D eigenvalue weighted by atomic mass is 35.5. The molecule has 214 valence electrons. The Balaban J connectivity index is 1.21. The monoisotopic (exact) mass is 594 g/mol. The fraction of sp³-hybridized carbons (Fsp3) is 0.345. The number of phenols is 1. The zero-order valence-corrected chi connectivity index (χ0v) is 24.2. The number of hydrogen-bond acceptors (Lipinski definition) is 9. The predicted molar refractivity (Wildman–Crippen MR) is 161 cm³/mol. The first kappa shape index (κ1) is 27.6. The van der Waals surface area contributed by atoms with E-state index in [1.807, 2.05) is 4.31 Å². The lowest BCUT2D eigenvalue weighted by atomic mass is 10.1. The summed E-state index contributed by atoms with van der Waals surface area (Å²) in [5, 5.41) is 15.9. The van der Waals surface area contributed by atoms with Gasteiger partial charge in [0, 0.05) is 52.0 Å². The van der Waals surface area contributed by atoms with E-state index in [0.29, 0.717) is 65.6 Å². The number of anilines is 2. The van der Waals surface area contributed by atoms with Gasteiger partial charge in [0.05, 0.1) is 42.8 Å². The van der Waals surface area contributed by atoms with Crippen LogP contribution >= 0.6 is 11.6 Å². The molecule has 4 aromatic rings. The van der Waals surface area contributed by atoms with Crippen molar-refractivity contribution >= 4 is 45.2 Å². The van der Waals surface area contributed by atoms with Crippen LogP contribution < -0.4 is 20.9 Å². The molecule has 0 amide bonds. The number of pyridine rings is 1. The Bertz CT molecular complexity index is 1650. The maximum absolute atomic E-state index is 13.6. The summed E-state index contributed by atoms with van der Waals surface area (Å²) in [6.07, 6.45) is 5.45. The van der Waals surface area contributed by atoms with Crippen LogP contribution in [0, 0.1) is 5.41 Å². The molecule has 0 spiro atoms. The third kappa shape index (κ3) is 5.67. The number of nitrogens with two attached hydrogens (primary N) is 1. The lowest BCUT2D eigenvalue weighted by molar-refractivity contribution is 0.242. The summed E-state index contributed by atoms with van der Waals surface area (Å²) in [6, 6.07) is 12.1. The molecular weight excluding hydrogens is 564 g/mol. The second-order valence-electron chi connectivity index (χ2n) is 10.9. The third-order valence-electron chi connectivity index (χ3n) is 7.77. The van der Waals surface area contributed by atoms with Gasteiger partial charge in [-0.3, -0.25) is 9.78 Å².